The first-order valence-electron chi connectivity index (χ1n) is 6.86. The van der Waals surface area contributed by atoms with Gasteiger partial charge in [0.05, 0.1) is 5.92 Å². The van der Waals surface area contributed by atoms with Crippen molar-refractivity contribution in [2.75, 3.05) is 26.2 Å². The van der Waals surface area contributed by atoms with Crippen LogP contribution in [-0.4, -0.2) is 59.0 Å². The minimum atomic E-state index is -0.839. The van der Waals surface area contributed by atoms with E-state index in [1.54, 1.807) is 0 Å². The monoisotopic (exact) mass is 254 g/mol. The molecule has 2 saturated heterocycles. The lowest BCUT2D eigenvalue weighted by Crippen LogP contribution is -2.45. The van der Waals surface area contributed by atoms with Crippen LogP contribution in [0.3, 0.4) is 0 Å². The number of carboxylic acid groups (broad SMARTS) is 1. The Hall–Kier alpha value is -1.10. The largest absolute Gasteiger partial charge is 0.481 e. The van der Waals surface area contributed by atoms with Crippen LogP contribution in [0, 0.1) is 5.92 Å². The zero-order valence-electron chi connectivity index (χ0n) is 11.0. The molecule has 0 bridgehead atoms. The summed E-state index contributed by atoms with van der Waals surface area (Å²) in [5.41, 5.74) is 0. The molecule has 1 amide bonds. The van der Waals surface area contributed by atoms with Crippen molar-refractivity contribution in [3.63, 3.8) is 0 Å². The van der Waals surface area contributed by atoms with Crippen LogP contribution in [0.2, 0.25) is 0 Å². The molecule has 2 aliphatic heterocycles. The molecule has 1 atom stereocenters. The van der Waals surface area contributed by atoms with Crippen LogP contribution in [0.5, 0.6) is 0 Å². The SMILES string of the molecule is CCCN1CCC(N2CC(C(=O)O)CC2=O)CC1. The van der Waals surface area contributed by atoms with Crippen LogP contribution in [0.4, 0.5) is 0 Å². The van der Waals surface area contributed by atoms with Crippen LogP contribution in [-0.2, 0) is 9.59 Å². The number of carbonyl (C=O) groups is 2. The molecule has 0 saturated carbocycles. The minimum Gasteiger partial charge on any atom is -0.481 e. The van der Waals surface area contributed by atoms with Crippen molar-refractivity contribution in [3.8, 4) is 0 Å². The molecular formula is C13H22N2O3. The highest BCUT2D eigenvalue weighted by Crippen LogP contribution is 2.25. The van der Waals surface area contributed by atoms with Gasteiger partial charge in [0.15, 0.2) is 0 Å². The number of aliphatic carboxylic acids is 1. The second kappa shape index (κ2) is 5.69. The van der Waals surface area contributed by atoms with E-state index in [2.05, 4.69) is 11.8 Å². The number of amides is 1. The molecule has 0 radical (unpaired) electrons. The lowest BCUT2D eigenvalue weighted by Gasteiger charge is -2.36. The third kappa shape index (κ3) is 2.83. The van der Waals surface area contributed by atoms with Crippen molar-refractivity contribution in [1.82, 2.24) is 9.80 Å². The fraction of sp³-hybridized carbons (Fsp3) is 0.846. The molecule has 2 heterocycles. The molecule has 102 valence electrons. The zero-order valence-corrected chi connectivity index (χ0v) is 11.0. The van der Waals surface area contributed by atoms with E-state index in [4.69, 9.17) is 5.11 Å². The van der Waals surface area contributed by atoms with E-state index in [1.807, 2.05) is 4.90 Å². The first-order valence-corrected chi connectivity index (χ1v) is 6.86. The van der Waals surface area contributed by atoms with Gasteiger partial charge in [-0.25, -0.2) is 0 Å². The number of rotatable bonds is 4. The van der Waals surface area contributed by atoms with Crippen LogP contribution >= 0.6 is 0 Å². The highest BCUT2D eigenvalue weighted by molar-refractivity contribution is 5.86. The molecule has 0 aromatic heterocycles. The first-order chi connectivity index (χ1) is 8.61. The lowest BCUT2D eigenvalue weighted by atomic mass is 10.0. The summed E-state index contributed by atoms with van der Waals surface area (Å²) in [5, 5.41) is 8.97. The Morgan fingerprint density at radius 2 is 2.06 bits per heavy atom. The summed E-state index contributed by atoms with van der Waals surface area (Å²) in [6.07, 6.45) is 3.31. The van der Waals surface area contributed by atoms with Gasteiger partial charge in [0, 0.05) is 32.1 Å². The van der Waals surface area contributed by atoms with E-state index in [0.29, 0.717) is 6.54 Å². The maximum absolute atomic E-state index is 11.8. The number of nitrogens with zero attached hydrogens (tertiary/aromatic N) is 2. The quantitative estimate of drug-likeness (QED) is 0.806. The number of likely N-dealkylation sites (tertiary alicyclic amines) is 2. The normalized spacial score (nSPS) is 26.8. The van der Waals surface area contributed by atoms with Crippen molar-refractivity contribution >= 4 is 11.9 Å². The Morgan fingerprint density at radius 3 is 2.56 bits per heavy atom. The van der Waals surface area contributed by atoms with Crippen LogP contribution in [0.25, 0.3) is 0 Å². The first kappa shape index (κ1) is 13.3. The Balaban J connectivity index is 1.86. The number of piperidine rings is 1. The molecule has 0 aliphatic carbocycles. The molecule has 5 heteroatoms. The molecule has 5 nitrogen and oxygen atoms in total. The summed E-state index contributed by atoms with van der Waals surface area (Å²) in [6, 6.07) is 0.259. The fourth-order valence-corrected chi connectivity index (χ4v) is 3.02. The van der Waals surface area contributed by atoms with Crippen molar-refractivity contribution < 1.29 is 14.7 Å². The Morgan fingerprint density at radius 1 is 1.39 bits per heavy atom. The second-order valence-corrected chi connectivity index (χ2v) is 5.36. The van der Waals surface area contributed by atoms with Gasteiger partial charge in [0.2, 0.25) is 5.91 Å². The van der Waals surface area contributed by atoms with Crippen molar-refractivity contribution in [1.29, 1.82) is 0 Å². The van der Waals surface area contributed by atoms with Crippen molar-refractivity contribution in [2.24, 2.45) is 5.92 Å². The number of hydrogen-bond acceptors (Lipinski definition) is 3. The van der Waals surface area contributed by atoms with Crippen molar-refractivity contribution in [3.05, 3.63) is 0 Å². The van der Waals surface area contributed by atoms with Gasteiger partial charge in [-0.2, -0.15) is 0 Å². The molecule has 1 unspecified atom stereocenters. The molecule has 2 fully saturated rings. The molecule has 0 aromatic rings. The highest BCUT2D eigenvalue weighted by Gasteiger charge is 2.38. The Kier molecular flexibility index (Phi) is 4.22. The van der Waals surface area contributed by atoms with Crippen LogP contribution < -0.4 is 0 Å². The maximum atomic E-state index is 11.8. The summed E-state index contributed by atoms with van der Waals surface area (Å²) in [4.78, 5) is 27.0. The lowest BCUT2D eigenvalue weighted by molar-refractivity contribution is -0.141. The van der Waals surface area contributed by atoms with Gasteiger partial charge in [0.1, 0.15) is 0 Å². The third-order valence-electron chi connectivity index (χ3n) is 4.05. The molecule has 1 N–H and O–H groups in total. The number of carboxylic acids is 1. The number of hydrogen-bond donors (Lipinski definition) is 1. The molecule has 2 aliphatic rings. The summed E-state index contributed by atoms with van der Waals surface area (Å²) >= 11 is 0. The third-order valence-corrected chi connectivity index (χ3v) is 4.05. The van der Waals surface area contributed by atoms with E-state index >= 15 is 0 Å². The summed E-state index contributed by atoms with van der Waals surface area (Å²) in [7, 11) is 0. The predicted molar refractivity (Wildman–Crippen MR) is 67.2 cm³/mol. The van der Waals surface area contributed by atoms with E-state index in [0.717, 1.165) is 38.9 Å². The van der Waals surface area contributed by atoms with Crippen molar-refractivity contribution in [2.45, 2.75) is 38.6 Å². The van der Waals surface area contributed by atoms with E-state index < -0.39 is 11.9 Å². The van der Waals surface area contributed by atoms with Gasteiger partial charge in [-0.1, -0.05) is 6.92 Å². The van der Waals surface area contributed by atoms with E-state index in [-0.39, 0.29) is 18.4 Å². The standard InChI is InChI=1S/C13H22N2O3/c1-2-5-14-6-3-11(4-7-14)15-9-10(13(17)18)8-12(15)16/h10-11H,2-9H2,1H3,(H,17,18). The average Bonchev–Trinajstić information content (AvgIpc) is 2.73. The fourth-order valence-electron chi connectivity index (χ4n) is 3.02. The summed E-state index contributed by atoms with van der Waals surface area (Å²) < 4.78 is 0. The second-order valence-electron chi connectivity index (χ2n) is 5.36. The molecule has 2 rings (SSSR count). The molecule has 0 spiro atoms. The van der Waals surface area contributed by atoms with Gasteiger partial charge >= 0.3 is 5.97 Å². The van der Waals surface area contributed by atoms with E-state index in [1.165, 1.54) is 0 Å². The van der Waals surface area contributed by atoms with Crippen LogP contribution in [0.15, 0.2) is 0 Å². The van der Waals surface area contributed by atoms with Gasteiger partial charge in [-0.3, -0.25) is 9.59 Å². The molecule has 18 heavy (non-hydrogen) atoms. The smallest absolute Gasteiger partial charge is 0.308 e. The highest BCUT2D eigenvalue weighted by atomic mass is 16.4. The van der Waals surface area contributed by atoms with Gasteiger partial charge in [-0.15, -0.1) is 0 Å². The summed E-state index contributed by atoms with van der Waals surface area (Å²) in [5.74, 6) is -1.31. The van der Waals surface area contributed by atoms with E-state index in [9.17, 15) is 9.59 Å². The van der Waals surface area contributed by atoms with Crippen LogP contribution in [0.1, 0.15) is 32.6 Å². The predicted octanol–water partition coefficient (Wildman–Crippen LogP) is 0.794. The molecule has 0 aromatic carbocycles. The van der Waals surface area contributed by atoms with Gasteiger partial charge in [-0.05, 0) is 25.8 Å². The Bertz CT molecular complexity index is 324. The maximum Gasteiger partial charge on any atom is 0.308 e. The average molecular weight is 254 g/mol. The summed E-state index contributed by atoms with van der Waals surface area (Å²) in [6.45, 7) is 5.76. The Labute approximate surface area is 108 Å². The van der Waals surface area contributed by atoms with Gasteiger partial charge < -0.3 is 14.9 Å². The molecular weight excluding hydrogens is 232 g/mol. The number of carbonyl (C=O) groups excluding carboxylic acids is 1. The minimum absolute atomic E-state index is 0.0244. The zero-order chi connectivity index (χ0) is 13.1. The van der Waals surface area contributed by atoms with Gasteiger partial charge in [0.25, 0.3) is 0 Å². The topological polar surface area (TPSA) is 60.9 Å².